The van der Waals surface area contributed by atoms with Crippen LogP contribution in [0.25, 0.3) is 0 Å². The van der Waals surface area contributed by atoms with Crippen LogP contribution in [-0.2, 0) is 6.54 Å². The standard InChI is InChI=1S/C16H27ClN2O3.2ClH/c1-3-21-15-11-13(10-14(17)16(15)22-4-2)12-19-7-5-6-18-8-9-20;;/h10-11,18-20H,3-9,12H2,1-2H3;2*1H. The lowest BCUT2D eigenvalue weighted by Crippen LogP contribution is -2.23. The Morgan fingerprint density at radius 2 is 1.67 bits per heavy atom. The molecular formula is C16H29Cl3N2O3. The molecule has 0 saturated carbocycles. The highest BCUT2D eigenvalue weighted by Crippen LogP contribution is 2.36. The number of hydrogen-bond donors (Lipinski definition) is 3. The zero-order chi connectivity index (χ0) is 16.2. The van der Waals surface area contributed by atoms with Crippen LogP contribution in [-0.4, -0.2) is 44.6 Å². The van der Waals surface area contributed by atoms with Crippen molar-refractivity contribution < 1.29 is 14.6 Å². The van der Waals surface area contributed by atoms with Gasteiger partial charge in [0.2, 0.25) is 0 Å². The molecule has 0 bridgehead atoms. The number of aliphatic hydroxyl groups is 1. The average molecular weight is 404 g/mol. The molecule has 142 valence electrons. The summed E-state index contributed by atoms with van der Waals surface area (Å²) in [4.78, 5) is 0. The smallest absolute Gasteiger partial charge is 0.179 e. The van der Waals surface area contributed by atoms with Crippen molar-refractivity contribution in [2.24, 2.45) is 0 Å². The van der Waals surface area contributed by atoms with Gasteiger partial charge < -0.3 is 25.2 Å². The quantitative estimate of drug-likeness (QED) is 0.468. The molecule has 0 saturated heterocycles. The Morgan fingerprint density at radius 3 is 2.29 bits per heavy atom. The van der Waals surface area contributed by atoms with Crippen molar-refractivity contribution in [2.75, 3.05) is 39.5 Å². The monoisotopic (exact) mass is 402 g/mol. The SMILES string of the molecule is CCOc1cc(CNCCCNCCO)cc(Cl)c1OCC.Cl.Cl. The Hall–Kier alpha value is -0.430. The van der Waals surface area contributed by atoms with Crippen LogP contribution in [0.2, 0.25) is 5.02 Å². The highest BCUT2D eigenvalue weighted by Gasteiger charge is 2.12. The van der Waals surface area contributed by atoms with E-state index in [-0.39, 0.29) is 31.4 Å². The van der Waals surface area contributed by atoms with Gasteiger partial charge in [0.25, 0.3) is 0 Å². The predicted octanol–water partition coefficient (Wildman–Crippen LogP) is 3.04. The van der Waals surface area contributed by atoms with Gasteiger partial charge in [-0.15, -0.1) is 24.8 Å². The maximum absolute atomic E-state index is 8.66. The van der Waals surface area contributed by atoms with Crippen LogP contribution in [0.4, 0.5) is 0 Å². The van der Waals surface area contributed by atoms with Crippen LogP contribution in [0, 0.1) is 0 Å². The van der Waals surface area contributed by atoms with Crippen molar-refractivity contribution in [2.45, 2.75) is 26.8 Å². The first kappa shape index (κ1) is 25.8. The van der Waals surface area contributed by atoms with Crippen molar-refractivity contribution in [3.05, 3.63) is 22.7 Å². The summed E-state index contributed by atoms with van der Waals surface area (Å²) in [5, 5.41) is 15.8. The molecule has 0 aliphatic rings. The van der Waals surface area contributed by atoms with Gasteiger partial charge in [-0.3, -0.25) is 0 Å². The number of hydrogen-bond acceptors (Lipinski definition) is 5. The molecule has 0 aliphatic heterocycles. The molecule has 3 N–H and O–H groups in total. The number of nitrogens with one attached hydrogen (secondary N) is 2. The van der Waals surface area contributed by atoms with Crippen molar-refractivity contribution in [1.29, 1.82) is 0 Å². The van der Waals surface area contributed by atoms with Gasteiger partial charge >= 0.3 is 0 Å². The van der Waals surface area contributed by atoms with E-state index in [1.165, 1.54) is 0 Å². The second-order valence-corrected chi connectivity index (χ2v) is 5.18. The fourth-order valence-electron chi connectivity index (χ4n) is 2.05. The Kier molecular flexibility index (Phi) is 17.3. The highest BCUT2D eigenvalue weighted by atomic mass is 35.5. The van der Waals surface area contributed by atoms with E-state index in [1.54, 1.807) is 0 Å². The number of ether oxygens (including phenoxy) is 2. The largest absolute Gasteiger partial charge is 0.490 e. The summed E-state index contributed by atoms with van der Waals surface area (Å²) < 4.78 is 11.2. The minimum absolute atomic E-state index is 0. The van der Waals surface area contributed by atoms with E-state index in [4.69, 9.17) is 26.2 Å². The molecule has 0 atom stereocenters. The van der Waals surface area contributed by atoms with Crippen molar-refractivity contribution >= 4 is 36.4 Å². The summed E-state index contributed by atoms with van der Waals surface area (Å²) in [6.45, 7) is 8.33. The minimum atomic E-state index is 0. The Balaban J connectivity index is 0. The lowest BCUT2D eigenvalue weighted by molar-refractivity contribution is 0.287. The molecule has 1 rings (SSSR count). The van der Waals surface area contributed by atoms with Gasteiger partial charge in [-0.25, -0.2) is 0 Å². The first-order valence-electron chi connectivity index (χ1n) is 7.83. The maximum atomic E-state index is 8.66. The first-order chi connectivity index (χ1) is 10.7. The third kappa shape index (κ3) is 9.77. The fourth-order valence-corrected chi connectivity index (χ4v) is 2.33. The van der Waals surface area contributed by atoms with Crippen molar-refractivity contribution in [1.82, 2.24) is 10.6 Å². The van der Waals surface area contributed by atoms with E-state index in [1.807, 2.05) is 26.0 Å². The van der Waals surface area contributed by atoms with E-state index >= 15 is 0 Å². The van der Waals surface area contributed by atoms with Crippen LogP contribution in [0.3, 0.4) is 0 Å². The van der Waals surface area contributed by atoms with Gasteiger partial charge in [-0.2, -0.15) is 0 Å². The molecule has 8 heteroatoms. The summed E-state index contributed by atoms with van der Waals surface area (Å²) in [6, 6.07) is 3.88. The minimum Gasteiger partial charge on any atom is -0.490 e. The van der Waals surface area contributed by atoms with Crippen LogP contribution >= 0.6 is 36.4 Å². The normalized spacial score (nSPS) is 9.83. The predicted molar refractivity (Wildman–Crippen MR) is 105 cm³/mol. The molecule has 1 aromatic rings. The Bertz CT molecular complexity index is 437. The second kappa shape index (κ2) is 16.1. The van der Waals surface area contributed by atoms with Gasteiger partial charge in [0.05, 0.1) is 24.8 Å². The lowest BCUT2D eigenvalue weighted by Gasteiger charge is -2.14. The van der Waals surface area contributed by atoms with E-state index in [9.17, 15) is 0 Å². The van der Waals surface area contributed by atoms with Gasteiger partial charge in [-0.1, -0.05) is 11.6 Å². The zero-order valence-corrected chi connectivity index (χ0v) is 16.7. The molecule has 0 heterocycles. The van der Waals surface area contributed by atoms with Gasteiger partial charge in [0, 0.05) is 13.1 Å². The van der Waals surface area contributed by atoms with Crippen LogP contribution in [0.5, 0.6) is 11.5 Å². The summed E-state index contributed by atoms with van der Waals surface area (Å²) in [5.41, 5.74) is 1.07. The summed E-state index contributed by atoms with van der Waals surface area (Å²) in [5.74, 6) is 1.31. The molecule has 0 radical (unpaired) electrons. The Labute approximate surface area is 162 Å². The molecule has 0 unspecified atom stereocenters. The van der Waals surface area contributed by atoms with Crippen molar-refractivity contribution in [3.63, 3.8) is 0 Å². The molecule has 0 amide bonds. The maximum Gasteiger partial charge on any atom is 0.179 e. The number of aliphatic hydroxyl groups excluding tert-OH is 1. The van der Waals surface area contributed by atoms with Crippen LogP contribution < -0.4 is 20.1 Å². The average Bonchev–Trinajstić information content (AvgIpc) is 2.50. The molecule has 24 heavy (non-hydrogen) atoms. The molecule has 0 aromatic heterocycles. The molecule has 0 fully saturated rings. The van der Waals surface area contributed by atoms with Gasteiger partial charge in [0.1, 0.15) is 0 Å². The third-order valence-corrected chi connectivity index (χ3v) is 3.26. The molecule has 0 aliphatic carbocycles. The number of benzene rings is 1. The summed E-state index contributed by atoms with van der Waals surface area (Å²) in [7, 11) is 0. The molecule has 5 nitrogen and oxygen atoms in total. The topological polar surface area (TPSA) is 62.8 Å². The Morgan fingerprint density at radius 1 is 1.00 bits per heavy atom. The lowest BCUT2D eigenvalue weighted by atomic mass is 10.2. The number of halogens is 3. The van der Waals surface area contributed by atoms with E-state index in [0.29, 0.717) is 36.3 Å². The fraction of sp³-hybridized carbons (Fsp3) is 0.625. The molecular weight excluding hydrogens is 375 g/mol. The summed E-state index contributed by atoms with van der Waals surface area (Å²) in [6.07, 6.45) is 1.00. The second-order valence-electron chi connectivity index (χ2n) is 4.77. The van der Waals surface area contributed by atoms with Gasteiger partial charge in [0.15, 0.2) is 11.5 Å². The van der Waals surface area contributed by atoms with Crippen LogP contribution in [0.1, 0.15) is 25.8 Å². The van der Waals surface area contributed by atoms with Crippen molar-refractivity contribution in [3.8, 4) is 11.5 Å². The number of rotatable bonds is 12. The highest BCUT2D eigenvalue weighted by molar-refractivity contribution is 6.32. The van der Waals surface area contributed by atoms with E-state index < -0.39 is 0 Å². The van der Waals surface area contributed by atoms with Crippen LogP contribution in [0.15, 0.2) is 12.1 Å². The third-order valence-electron chi connectivity index (χ3n) is 2.98. The first-order valence-corrected chi connectivity index (χ1v) is 8.21. The van der Waals surface area contributed by atoms with E-state index in [0.717, 1.165) is 31.6 Å². The van der Waals surface area contributed by atoms with Gasteiger partial charge in [-0.05, 0) is 51.1 Å². The summed E-state index contributed by atoms with van der Waals surface area (Å²) >= 11 is 6.28. The zero-order valence-electron chi connectivity index (χ0n) is 14.3. The van der Waals surface area contributed by atoms with E-state index in [2.05, 4.69) is 10.6 Å². The molecule has 1 aromatic carbocycles. The molecule has 0 spiro atoms.